The van der Waals surface area contributed by atoms with E-state index in [-0.39, 0.29) is 18.8 Å². The van der Waals surface area contributed by atoms with E-state index in [4.69, 9.17) is 9.47 Å². The Balaban J connectivity index is 2.85. The maximum Gasteiger partial charge on any atom is 0.439 e. The Morgan fingerprint density at radius 3 is 2.32 bits per heavy atom. The fourth-order valence-corrected chi connectivity index (χ4v) is 3.67. The van der Waals surface area contributed by atoms with Crippen molar-refractivity contribution in [1.82, 2.24) is 0 Å². The van der Waals surface area contributed by atoms with Crippen LogP contribution in [0.15, 0.2) is 29.3 Å². The number of ether oxygens (including phenoxy) is 2. The van der Waals surface area contributed by atoms with Crippen LogP contribution in [0.25, 0.3) is 0 Å². The summed E-state index contributed by atoms with van der Waals surface area (Å²) in [5, 5.41) is 21.8. The minimum absolute atomic E-state index is 0.113. The molecule has 1 aliphatic heterocycles. The summed E-state index contributed by atoms with van der Waals surface area (Å²) in [5.41, 5.74) is -4.97. The number of nitrogens with zero attached hydrogens (tertiary/aromatic N) is 2. The van der Waals surface area contributed by atoms with Crippen LogP contribution in [-0.4, -0.2) is 52.8 Å². The number of hydrogen-bond acceptors (Lipinski definition) is 8. The monoisotopic (exact) mass is 446 g/mol. The van der Waals surface area contributed by atoms with Crippen molar-refractivity contribution in [2.75, 3.05) is 13.2 Å². The second kappa shape index (κ2) is 9.00. The van der Waals surface area contributed by atoms with Gasteiger partial charge in [0, 0.05) is 23.8 Å². The molecular weight excluding hydrogens is 425 g/mol. The highest BCUT2D eigenvalue weighted by molar-refractivity contribution is 6.04. The van der Waals surface area contributed by atoms with Crippen molar-refractivity contribution in [3.63, 3.8) is 0 Å². The molecule has 12 heteroatoms. The van der Waals surface area contributed by atoms with Crippen LogP contribution in [0.2, 0.25) is 0 Å². The first kappa shape index (κ1) is 24.3. The molecule has 170 valence electrons. The van der Waals surface area contributed by atoms with Gasteiger partial charge in [0.05, 0.1) is 18.1 Å². The lowest BCUT2D eigenvalue weighted by Gasteiger charge is -2.43. The molecule has 1 aromatic carbocycles. The largest absolute Gasteiger partial charge is 0.466 e. The summed E-state index contributed by atoms with van der Waals surface area (Å²) in [6.45, 7) is 3.50. The number of alkyl halides is 3. The Kier molecular flexibility index (Phi) is 7.04. The number of benzene rings is 1. The van der Waals surface area contributed by atoms with Crippen LogP contribution in [-0.2, 0) is 19.1 Å². The number of carbonyl (C=O) groups excluding carboxylic acids is 2. The lowest BCUT2D eigenvalue weighted by atomic mass is 9.68. The molecule has 0 saturated heterocycles. The zero-order chi connectivity index (χ0) is 23.6. The molecule has 31 heavy (non-hydrogen) atoms. The molecule has 0 bridgehead atoms. The van der Waals surface area contributed by atoms with Gasteiger partial charge < -0.3 is 14.6 Å². The maximum atomic E-state index is 13.9. The average molecular weight is 446 g/mol. The molecule has 0 radical (unpaired) electrons. The van der Waals surface area contributed by atoms with Crippen molar-refractivity contribution < 1.29 is 42.3 Å². The summed E-state index contributed by atoms with van der Waals surface area (Å²) in [6, 6.07) is 4.47. The third-order valence-electron chi connectivity index (χ3n) is 4.91. The Morgan fingerprint density at radius 1 is 1.23 bits per heavy atom. The summed E-state index contributed by atoms with van der Waals surface area (Å²) in [7, 11) is 0. The predicted molar refractivity (Wildman–Crippen MR) is 100 cm³/mol. The maximum absolute atomic E-state index is 13.9. The second-order valence-corrected chi connectivity index (χ2v) is 6.81. The molecule has 0 saturated carbocycles. The number of aliphatic imine (C=N–C) groups is 1. The van der Waals surface area contributed by atoms with Crippen LogP contribution in [0.5, 0.6) is 0 Å². The fourth-order valence-electron chi connectivity index (χ4n) is 3.67. The van der Waals surface area contributed by atoms with Gasteiger partial charge in [-0.05, 0) is 26.3 Å². The Bertz CT molecular complexity index is 903. The topological polar surface area (TPSA) is 128 Å². The molecule has 0 aromatic heterocycles. The minimum atomic E-state index is -5.41. The van der Waals surface area contributed by atoms with Crippen LogP contribution in [0.4, 0.5) is 18.9 Å². The molecule has 0 fully saturated rings. The van der Waals surface area contributed by atoms with Crippen molar-refractivity contribution >= 4 is 23.3 Å². The van der Waals surface area contributed by atoms with Crippen LogP contribution in [0, 0.1) is 22.0 Å². The molecule has 4 atom stereocenters. The number of nitro benzene ring substituents is 1. The number of rotatable bonds is 6. The number of non-ortho nitro benzene ring substituents is 1. The molecule has 9 nitrogen and oxygen atoms in total. The summed E-state index contributed by atoms with van der Waals surface area (Å²) in [5.74, 6) is -8.06. The highest BCUT2D eigenvalue weighted by Gasteiger charge is 2.68. The van der Waals surface area contributed by atoms with Gasteiger partial charge in [-0.3, -0.25) is 19.7 Å². The lowest BCUT2D eigenvalue weighted by molar-refractivity contribution is -0.385. The first-order valence-electron chi connectivity index (χ1n) is 9.32. The van der Waals surface area contributed by atoms with E-state index in [1.807, 2.05) is 0 Å². The quantitative estimate of drug-likeness (QED) is 0.404. The number of aliphatic hydroxyl groups is 1. The SMILES string of the molecule is CCOC(=O)C1C(C)=NC(O)(C(F)(F)F)C(C(=O)OCC)C1c1cccc([N+](=O)[O-])c1. The third-order valence-corrected chi connectivity index (χ3v) is 4.91. The highest BCUT2D eigenvalue weighted by Crippen LogP contribution is 2.51. The minimum Gasteiger partial charge on any atom is -0.466 e. The standard InChI is InChI=1S/C19H21F3N2O7/c1-4-30-16(25)13-10(3)23-18(27,19(20,21)22)15(17(26)31-5-2)14(13)11-7-6-8-12(9-11)24(28)29/h6-9,13-15,27H,4-5H2,1-3H3. The normalized spacial score (nSPS) is 26.0. The molecule has 1 aliphatic rings. The molecule has 0 amide bonds. The van der Waals surface area contributed by atoms with Crippen molar-refractivity contribution in [2.24, 2.45) is 16.8 Å². The number of hydrogen-bond donors (Lipinski definition) is 1. The molecular formula is C19H21F3N2O7. The van der Waals surface area contributed by atoms with E-state index < -0.39 is 57.9 Å². The van der Waals surface area contributed by atoms with Gasteiger partial charge in [0.1, 0.15) is 11.8 Å². The third kappa shape index (κ3) is 4.53. The molecule has 1 aromatic rings. The van der Waals surface area contributed by atoms with Crippen molar-refractivity contribution in [2.45, 2.75) is 38.6 Å². The average Bonchev–Trinajstić information content (AvgIpc) is 2.66. The van der Waals surface area contributed by atoms with Gasteiger partial charge in [-0.25, -0.2) is 4.99 Å². The van der Waals surface area contributed by atoms with Crippen molar-refractivity contribution in [3.8, 4) is 0 Å². The van der Waals surface area contributed by atoms with E-state index in [0.717, 1.165) is 19.1 Å². The molecule has 1 N–H and O–H groups in total. The first-order valence-corrected chi connectivity index (χ1v) is 9.32. The molecule has 1 heterocycles. The smallest absolute Gasteiger partial charge is 0.439 e. The van der Waals surface area contributed by atoms with Crippen molar-refractivity contribution in [3.05, 3.63) is 39.9 Å². The van der Waals surface area contributed by atoms with E-state index in [2.05, 4.69) is 4.99 Å². The summed E-state index contributed by atoms with van der Waals surface area (Å²) in [6.07, 6.45) is -5.41. The van der Waals surface area contributed by atoms with E-state index in [0.29, 0.717) is 0 Å². The van der Waals surface area contributed by atoms with Crippen LogP contribution < -0.4 is 0 Å². The summed E-state index contributed by atoms with van der Waals surface area (Å²) >= 11 is 0. The zero-order valence-corrected chi connectivity index (χ0v) is 16.9. The number of esters is 2. The van der Waals surface area contributed by atoms with Gasteiger partial charge in [0.25, 0.3) is 11.4 Å². The van der Waals surface area contributed by atoms with Gasteiger partial charge in [-0.2, -0.15) is 13.2 Å². The van der Waals surface area contributed by atoms with E-state index in [1.165, 1.54) is 26.0 Å². The Hall–Kier alpha value is -3.02. The number of nitro groups is 1. The summed E-state index contributed by atoms with van der Waals surface area (Å²) < 4.78 is 51.5. The van der Waals surface area contributed by atoms with Crippen LogP contribution in [0.1, 0.15) is 32.3 Å². The summed E-state index contributed by atoms with van der Waals surface area (Å²) in [4.78, 5) is 39.0. The molecule has 0 aliphatic carbocycles. The molecule has 2 rings (SSSR count). The highest BCUT2D eigenvalue weighted by atomic mass is 19.4. The fraction of sp³-hybridized carbons (Fsp3) is 0.526. The predicted octanol–water partition coefficient (Wildman–Crippen LogP) is 2.76. The van der Waals surface area contributed by atoms with Crippen molar-refractivity contribution in [1.29, 1.82) is 0 Å². The van der Waals surface area contributed by atoms with Gasteiger partial charge >= 0.3 is 18.1 Å². The van der Waals surface area contributed by atoms with Gasteiger partial charge in [0.2, 0.25) is 0 Å². The second-order valence-electron chi connectivity index (χ2n) is 6.81. The molecule has 4 unspecified atom stereocenters. The van der Waals surface area contributed by atoms with Crippen LogP contribution >= 0.6 is 0 Å². The van der Waals surface area contributed by atoms with E-state index in [9.17, 15) is 38.0 Å². The van der Waals surface area contributed by atoms with Gasteiger partial charge in [-0.15, -0.1) is 0 Å². The number of carbonyl (C=O) groups is 2. The van der Waals surface area contributed by atoms with Gasteiger partial charge in [-0.1, -0.05) is 12.1 Å². The first-order chi connectivity index (χ1) is 14.4. The lowest BCUT2D eigenvalue weighted by Crippen LogP contribution is -2.60. The number of halogens is 3. The zero-order valence-electron chi connectivity index (χ0n) is 16.9. The van der Waals surface area contributed by atoms with E-state index in [1.54, 1.807) is 0 Å². The Labute approximate surface area is 175 Å². The Morgan fingerprint density at radius 2 is 1.81 bits per heavy atom. The van der Waals surface area contributed by atoms with Crippen LogP contribution in [0.3, 0.4) is 0 Å². The van der Waals surface area contributed by atoms with E-state index >= 15 is 0 Å². The van der Waals surface area contributed by atoms with Gasteiger partial charge in [0.15, 0.2) is 0 Å². The molecule has 0 spiro atoms.